The molecule has 1 aromatic rings. The van der Waals surface area contributed by atoms with Gasteiger partial charge in [0.05, 0.1) is 11.1 Å². The van der Waals surface area contributed by atoms with Gasteiger partial charge in [0.25, 0.3) is 11.8 Å². The molecule has 0 aliphatic rings. The number of nitrogens with zero attached hydrogens (tertiary/aromatic N) is 2. The molecule has 0 atom stereocenters. The fraction of sp³-hybridized carbons (Fsp3) is 0.588. The molecule has 1 heterocycles. The number of rotatable bonds is 10. The van der Waals surface area contributed by atoms with Gasteiger partial charge in [0.15, 0.2) is 0 Å². The van der Waals surface area contributed by atoms with Gasteiger partial charge in [-0.05, 0) is 39.5 Å². The van der Waals surface area contributed by atoms with E-state index in [1.807, 2.05) is 14.1 Å². The van der Waals surface area contributed by atoms with E-state index in [0.29, 0.717) is 24.2 Å². The lowest BCUT2D eigenvalue weighted by molar-refractivity contribution is 0.0951. The maximum Gasteiger partial charge on any atom is 0.252 e. The maximum absolute atomic E-state index is 12.1. The molecule has 6 nitrogen and oxygen atoms in total. The minimum absolute atomic E-state index is 0.184. The monoisotopic (exact) mass is 320 g/mol. The highest BCUT2D eigenvalue weighted by atomic mass is 16.2. The molecular weight excluding hydrogens is 292 g/mol. The Morgan fingerprint density at radius 3 is 2.09 bits per heavy atom. The number of aromatic nitrogens is 1. The smallest absolute Gasteiger partial charge is 0.252 e. The summed E-state index contributed by atoms with van der Waals surface area (Å²) in [5.41, 5.74) is 0.832. The SMILES string of the molecule is CCCCCNC(=O)c1cncc(C(=O)NCCCN(C)C)c1. The quantitative estimate of drug-likeness (QED) is 0.643. The zero-order valence-electron chi connectivity index (χ0n) is 14.4. The maximum atomic E-state index is 12.1. The van der Waals surface area contributed by atoms with Crippen molar-refractivity contribution in [2.24, 2.45) is 0 Å². The summed E-state index contributed by atoms with van der Waals surface area (Å²) < 4.78 is 0. The largest absolute Gasteiger partial charge is 0.352 e. The minimum atomic E-state index is -0.197. The van der Waals surface area contributed by atoms with Crippen molar-refractivity contribution < 1.29 is 9.59 Å². The summed E-state index contributed by atoms with van der Waals surface area (Å²) in [5, 5.41) is 5.69. The van der Waals surface area contributed by atoms with Crippen molar-refractivity contribution >= 4 is 11.8 Å². The molecule has 0 bridgehead atoms. The first-order valence-electron chi connectivity index (χ1n) is 8.20. The van der Waals surface area contributed by atoms with Crippen molar-refractivity contribution in [3.8, 4) is 0 Å². The van der Waals surface area contributed by atoms with Crippen LogP contribution < -0.4 is 10.6 Å². The number of carbonyl (C=O) groups excluding carboxylic acids is 2. The van der Waals surface area contributed by atoms with Gasteiger partial charge in [0.2, 0.25) is 0 Å². The molecule has 0 unspecified atom stereocenters. The van der Waals surface area contributed by atoms with Gasteiger partial charge in [-0.25, -0.2) is 0 Å². The Morgan fingerprint density at radius 1 is 1.00 bits per heavy atom. The second-order valence-corrected chi connectivity index (χ2v) is 5.84. The second kappa shape index (κ2) is 10.7. The van der Waals surface area contributed by atoms with Crippen LogP contribution in [0.4, 0.5) is 0 Å². The third kappa shape index (κ3) is 7.74. The van der Waals surface area contributed by atoms with Crippen LogP contribution in [-0.4, -0.2) is 55.4 Å². The van der Waals surface area contributed by atoms with Crippen molar-refractivity contribution in [2.45, 2.75) is 32.6 Å². The zero-order chi connectivity index (χ0) is 17.1. The molecule has 0 radical (unpaired) electrons. The number of amides is 2. The number of hydrogen-bond donors (Lipinski definition) is 2. The van der Waals surface area contributed by atoms with E-state index < -0.39 is 0 Å². The fourth-order valence-electron chi connectivity index (χ4n) is 2.07. The highest BCUT2D eigenvalue weighted by Gasteiger charge is 2.10. The Morgan fingerprint density at radius 2 is 1.57 bits per heavy atom. The van der Waals surface area contributed by atoms with Crippen LogP contribution in [0.5, 0.6) is 0 Å². The van der Waals surface area contributed by atoms with E-state index in [1.54, 1.807) is 6.07 Å². The Bertz CT molecular complexity index is 503. The first-order chi connectivity index (χ1) is 11.0. The predicted molar refractivity (Wildman–Crippen MR) is 91.6 cm³/mol. The molecular formula is C17H28N4O2. The molecule has 0 saturated carbocycles. The van der Waals surface area contributed by atoms with Gasteiger partial charge in [-0.1, -0.05) is 19.8 Å². The highest BCUT2D eigenvalue weighted by molar-refractivity contribution is 5.99. The van der Waals surface area contributed by atoms with E-state index in [2.05, 4.69) is 27.4 Å². The predicted octanol–water partition coefficient (Wildman–Crippen LogP) is 1.68. The third-order valence-corrected chi connectivity index (χ3v) is 3.40. The van der Waals surface area contributed by atoms with E-state index in [-0.39, 0.29) is 11.8 Å². The Labute approximate surface area is 138 Å². The molecule has 2 amide bonds. The molecule has 0 aliphatic carbocycles. The standard InChI is InChI=1S/C17H28N4O2/c1-4-5-6-8-19-16(22)14-11-15(13-18-12-14)17(23)20-9-7-10-21(2)3/h11-13H,4-10H2,1-3H3,(H,19,22)(H,20,23). The summed E-state index contributed by atoms with van der Waals surface area (Å²) in [5.74, 6) is -0.382. The van der Waals surface area contributed by atoms with E-state index >= 15 is 0 Å². The van der Waals surface area contributed by atoms with E-state index in [4.69, 9.17) is 0 Å². The molecule has 0 fully saturated rings. The average molecular weight is 320 g/mol. The summed E-state index contributed by atoms with van der Waals surface area (Å²) in [6.45, 7) is 4.28. The first kappa shape index (κ1) is 19.1. The van der Waals surface area contributed by atoms with Crippen molar-refractivity contribution in [1.82, 2.24) is 20.5 Å². The second-order valence-electron chi connectivity index (χ2n) is 5.84. The summed E-state index contributed by atoms with van der Waals surface area (Å²) in [7, 11) is 3.99. The van der Waals surface area contributed by atoms with Crippen LogP contribution in [0.15, 0.2) is 18.5 Å². The lowest BCUT2D eigenvalue weighted by atomic mass is 10.1. The highest BCUT2D eigenvalue weighted by Crippen LogP contribution is 2.03. The normalized spacial score (nSPS) is 10.6. The van der Waals surface area contributed by atoms with Gasteiger partial charge in [0.1, 0.15) is 0 Å². The Kier molecular flexibility index (Phi) is 8.90. The van der Waals surface area contributed by atoms with Crippen LogP contribution in [-0.2, 0) is 0 Å². The van der Waals surface area contributed by atoms with Gasteiger partial charge >= 0.3 is 0 Å². The van der Waals surface area contributed by atoms with Crippen LogP contribution in [0.2, 0.25) is 0 Å². The molecule has 2 N–H and O–H groups in total. The fourth-order valence-corrected chi connectivity index (χ4v) is 2.07. The number of hydrogen-bond acceptors (Lipinski definition) is 4. The Hall–Kier alpha value is -1.95. The van der Waals surface area contributed by atoms with E-state index in [9.17, 15) is 9.59 Å². The van der Waals surface area contributed by atoms with Gasteiger partial charge in [-0.15, -0.1) is 0 Å². The number of nitrogens with one attached hydrogen (secondary N) is 2. The molecule has 0 aliphatic heterocycles. The van der Waals surface area contributed by atoms with Crippen molar-refractivity contribution in [3.63, 3.8) is 0 Å². The molecule has 0 aromatic carbocycles. The number of pyridine rings is 1. The molecule has 23 heavy (non-hydrogen) atoms. The molecule has 0 spiro atoms. The van der Waals surface area contributed by atoms with E-state index in [1.165, 1.54) is 12.4 Å². The van der Waals surface area contributed by atoms with Crippen molar-refractivity contribution in [3.05, 3.63) is 29.6 Å². The van der Waals surface area contributed by atoms with Crippen LogP contribution in [0.3, 0.4) is 0 Å². The zero-order valence-corrected chi connectivity index (χ0v) is 14.4. The van der Waals surface area contributed by atoms with Crippen LogP contribution in [0.1, 0.15) is 53.3 Å². The molecule has 1 rings (SSSR count). The summed E-state index contributed by atoms with van der Waals surface area (Å²) in [6.07, 6.45) is 7.01. The van der Waals surface area contributed by atoms with Crippen molar-refractivity contribution in [2.75, 3.05) is 33.7 Å². The molecule has 0 saturated heterocycles. The summed E-state index contributed by atoms with van der Waals surface area (Å²) in [4.78, 5) is 30.2. The van der Waals surface area contributed by atoms with Gasteiger partial charge in [-0.3, -0.25) is 14.6 Å². The number of carbonyl (C=O) groups is 2. The van der Waals surface area contributed by atoms with E-state index in [0.717, 1.165) is 32.2 Å². The van der Waals surface area contributed by atoms with Crippen LogP contribution in [0, 0.1) is 0 Å². The molecule has 128 valence electrons. The van der Waals surface area contributed by atoms with Crippen molar-refractivity contribution in [1.29, 1.82) is 0 Å². The Balaban J connectivity index is 2.48. The summed E-state index contributed by atoms with van der Waals surface area (Å²) >= 11 is 0. The van der Waals surface area contributed by atoms with Crippen LogP contribution in [0.25, 0.3) is 0 Å². The summed E-state index contributed by atoms with van der Waals surface area (Å²) in [6, 6.07) is 1.59. The van der Waals surface area contributed by atoms with Gasteiger partial charge < -0.3 is 15.5 Å². The average Bonchev–Trinajstić information content (AvgIpc) is 2.55. The lowest BCUT2D eigenvalue weighted by Gasteiger charge is -2.10. The molecule has 6 heteroatoms. The van der Waals surface area contributed by atoms with Gasteiger partial charge in [-0.2, -0.15) is 0 Å². The minimum Gasteiger partial charge on any atom is -0.352 e. The lowest BCUT2D eigenvalue weighted by Crippen LogP contribution is -2.28. The molecule has 1 aromatic heterocycles. The third-order valence-electron chi connectivity index (χ3n) is 3.40. The first-order valence-corrected chi connectivity index (χ1v) is 8.20. The number of unbranched alkanes of at least 4 members (excludes halogenated alkanes) is 2. The topological polar surface area (TPSA) is 74.3 Å². The van der Waals surface area contributed by atoms with Crippen LogP contribution >= 0.6 is 0 Å². The van der Waals surface area contributed by atoms with Gasteiger partial charge in [0, 0.05) is 25.5 Å².